The minimum atomic E-state index is -0.296. The van der Waals surface area contributed by atoms with Gasteiger partial charge in [-0.2, -0.15) is 0 Å². The van der Waals surface area contributed by atoms with Crippen LogP contribution in [0.2, 0.25) is 0 Å². The Morgan fingerprint density at radius 2 is 1.92 bits per heavy atom. The highest BCUT2D eigenvalue weighted by molar-refractivity contribution is 9.10. The van der Waals surface area contributed by atoms with Crippen LogP contribution in [0, 0.1) is 20.8 Å². The molecule has 1 aromatic heterocycles. The van der Waals surface area contributed by atoms with E-state index in [4.69, 9.17) is 0 Å². The maximum absolute atomic E-state index is 11.9. The fourth-order valence-electron chi connectivity index (χ4n) is 2.25. The molecule has 2 amide bonds. The van der Waals surface area contributed by atoms with Crippen molar-refractivity contribution in [1.29, 1.82) is 0 Å². The van der Waals surface area contributed by atoms with Crippen LogP contribution < -0.4 is 15.5 Å². The smallest absolute Gasteiger partial charge is 0.307 e. The van der Waals surface area contributed by atoms with Gasteiger partial charge in [0.1, 0.15) is 0 Å². The van der Waals surface area contributed by atoms with E-state index in [1.807, 2.05) is 32.9 Å². The van der Waals surface area contributed by atoms with Crippen molar-refractivity contribution >= 4 is 44.8 Å². The van der Waals surface area contributed by atoms with Gasteiger partial charge in [-0.3, -0.25) is 14.4 Å². The average molecular weight is 426 g/mol. The summed E-state index contributed by atoms with van der Waals surface area (Å²) in [5.74, 6) is -0.563. The van der Waals surface area contributed by atoms with E-state index < -0.39 is 0 Å². The molecule has 1 aromatic carbocycles. The fraction of sp³-hybridized carbons (Fsp3) is 0.353. The number of amides is 2. The van der Waals surface area contributed by atoms with Crippen LogP contribution in [0.25, 0.3) is 0 Å². The average Bonchev–Trinajstić information content (AvgIpc) is 2.79. The third-order valence-electron chi connectivity index (χ3n) is 3.83. The normalized spacial score (nSPS) is 10.6. The van der Waals surface area contributed by atoms with Crippen LogP contribution in [0.1, 0.15) is 22.6 Å². The van der Waals surface area contributed by atoms with Gasteiger partial charge in [0.25, 0.3) is 0 Å². The number of hydrogen-bond donors (Lipinski definition) is 2. The summed E-state index contributed by atoms with van der Waals surface area (Å²) in [5.41, 5.74) is 2.57. The number of carbonyl (C=O) groups is 2. The largest absolute Gasteiger partial charge is 0.347 e. The Kier molecular flexibility index (Phi) is 6.55. The number of aromatic nitrogens is 1. The monoisotopic (exact) mass is 425 g/mol. The molecule has 1 heterocycles. The van der Waals surface area contributed by atoms with Crippen molar-refractivity contribution in [3.05, 3.63) is 48.5 Å². The van der Waals surface area contributed by atoms with Gasteiger partial charge in [0.05, 0.1) is 6.54 Å². The number of thiazole rings is 1. The lowest BCUT2D eigenvalue weighted by molar-refractivity contribution is -0.124. The highest BCUT2D eigenvalue weighted by Crippen LogP contribution is 2.19. The topological polar surface area (TPSA) is 80.2 Å². The first kappa shape index (κ1) is 19.4. The second kappa shape index (κ2) is 8.44. The van der Waals surface area contributed by atoms with E-state index in [9.17, 15) is 14.4 Å². The molecular formula is C17H20BrN3O3S. The predicted molar refractivity (Wildman–Crippen MR) is 103 cm³/mol. The number of halogens is 1. The van der Waals surface area contributed by atoms with Crippen LogP contribution >= 0.6 is 27.3 Å². The summed E-state index contributed by atoms with van der Waals surface area (Å²) >= 11 is 4.58. The van der Waals surface area contributed by atoms with Gasteiger partial charge in [-0.25, -0.2) is 0 Å². The number of rotatable bonds is 6. The summed E-state index contributed by atoms with van der Waals surface area (Å²) in [6.45, 7) is 5.88. The Labute approximate surface area is 158 Å². The number of anilines is 1. The van der Waals surface area contributed by atoms with Crippen molar-refractivity contribution in [3.63, 3.8) is 0 Å². The third-order valence-corrected chi connectivity index (χ3v) is 5.71. The van der Waals surface area contributed by atoms with E-state index in [2.05, 4.69) is 26.6 Å². The fourth-order valence-corrected chi connectivity index (χ4v) is 3.36. The summed E-state index contributed by atoms with van der Waals surface area (Å²) in [5, 5.41) is 5.31. The van der Waals surface area contributed by atoms with Crippen molar-refractivity contribution in [1.82, 2.24) is 9.88 Å². The van der Waals surface area contributed by atoms with Crippen molar-refractivity contribution in [2.75, 3.05) is 11.9 Å². The Balaban J connectivity index is 1.80. The van der Waals surface area contributed by atoms with Gasteiger partial charge in [0.15, 0.2) is 0 Å². The van der Waals surface area contributed by atoms with Crippen molar-refractivity contribution < 1.29 is 9.59 Å². The molecule has 0 aliphatic heterocycles. The number of benzene rings is 1. The van der Waals surface area contributed by atoms with E-state index in [1.165, 1.54) is 11.3 Å². The molecule has 25 heavy (non-hydrogen) atoms. The molecule has 0 aliphatic carbocycles. The van der Waals surface area contributed by atoms with Crippen molar-refractivity contribution in [2.45, 2.75) is 33.7 Å². The summed E-state index contributed by atoms with van der Waals surface area (Å²) < 4.78 is 2.55. The molecule has 2 aromatic rings. The number of hydrogen-bond acceptors (Lipinski definition) is 4. The molecule has 0 unspecified atom stereocenters. The number of nitrogens with one attached hydrogen (secondary N) is 2. The van der Waals surface area contributed by atoms with Gasteiger partial charge < -0.3 is 15.2 Å². The van der Waals surface area contributed by atoms with Gasteiger partial charge in [0.2, 0.25) is 11.8 Å². The van der Waals surface area contributed by atoms with E-state index in [-0.39, 0.29) is 29.7 Å². The van der Waals surface area contributed by atoms with Crippen LogP contribution in [0.5, 0.6) is 0 Å². The molecule has 2 rings (SSSR count). The lowest BCUT2D eigenvalue weighted by atomic mass is 10.2. The Morgan fingerprint density at radius 3 is 2.52 bits per heavy atom. The molecule has 0 saturated carbocycles. The molecule has 6 nitrogen and oxygen atoms in total. The zero-order chi connectivity index (χ0) is 18.6. The van der Waals surface area contributed by atoms with E-state index >= 15 is 0 Å². The molecule has 2 N–H and O–H groups in total. The van der Waals surface area contributed by atoms with Gasteiger partial charge in [0, 0.05) is 33.7 Å². The second-order valence-electron chi connectivity index (χ2n) is 5.70. The standard InChI is InChI=1S/C17H20BrN3O3S/c1-10-8-13(4-5-14(10)18)20-16(23)9-19-15(22)6-7-21-11(2)12(3)25-17(21)24/h4-5,8H,6-7,9H2,1-3H3,(H,19,22)(H,20,23). The van der Waals surface area contributed by atoms with Gasteiger partial charge in [-0.1, -0.05) is 27.3 Å². The number of carbonyl (C=O) groups excluding carboxylic acids is 2. The molecule has 0 fully saturated rings. The number of aryl methyl sites for hydroxylation is 2. The molecule has 0 spiro atoms. The van der Waals surface area contributed by atoms with Gasteiger partial charge in [-0.05, 0) is 44.5 Å². The number of nitrogens with zero attached hydrogens (tertiary/aromatic N) is 1. The molecule has 0 atom stereocenters. The Bertz CT molecular complexity index is 857. The molecule has 0 bridgehead atoms. The zero-order valence-electron chi connectivity index (χ0n) is 14.3. The highest BCUT2D eigenvalue weighted by atomic mass is 79.9. The molecule has 0 saturated heterocycles. The van der Waals surface area contributed by atoms with E-state index in [0.717, 1.165) is 20.6 Å². The lowest BCUT2D eigenvalue weighted by Gasteiger charge is -2.09. The summed E-state index contributed by atoms with van der Waals surface area (Å²) in [7, 11) is 0. The SMILES string of the molecule is Cc1cc(NC(=O)CNC(=O)CCn2c(C)c(C)sc2=O)ccc1Br. The molecular weight excluding hydrogens is 406 g/mol. The zero-order valence-corrected chi connectivity index (χ0v) is 16.7. The maximum Gasteiger partial charge on any atom is 0.307 e. The van der Waals surface area contributed by atoms with E-state index in [1.54, 1.807) is 10.6 Å². The maximum atomic E-state index is 11.9. The van der Waals surface area contributed by atoms with Crippen LogP contribution in [0.15, 0.2) is 27.5 Å². The predicted octanol–water partition coefficient (Wildman–Crippen LogP) is 2.74. The minimum Gasteiger partial charge on any atom is -0.347 e. The third kappa shape index (κ3) is 5.27. The van der Waals surface area contributed by atoms with Crippen LogP contribution in [0.3, 0.4) is 0 Å². The first-order valence-corrected chi connectivity index (χ1v) is 9.38. The minimum absolute atomic E-state index is 0.0637. The Morgan fingerprint density at radius 1 is 1.20 bits per heavy atom. The first-order valence-electron chi connectivity index (χ1n) is 7.77. The summed E-state index contributed by atoms with van der Waals surface area (Å²) in [4.78, 5) is 36.5. The van der Waals surface area contributed by atoms with Crippen molar-refractivity contribution in [3.8, 4) is 0 Å². The van der Waals surface area contributed by atoms with Crippen molar-refractivity contribution in [2.24, 2.45) is 0 Å². The lowest BCUT2D eigenvalue weighted by Crippen LogP contribution is -2.33. The van der Waals surface area contributed by atoms with Crippen LogP contribution in [-0.2, 0) is 16.1 Å². The summed E-state index contributed by atoms with van der Waals surface area (Å²) in [6, 6.07) is 5.48. The van der Waals surface area contributed by atoms with Crippen LogP contribution in [0.4, 0.5) is 5.69 Å². The molecule has 0 aliphatic rings. The van der Waals surface area contributed by atoms with Gasteiger partial charge in [-0.15, -0.1) is 0 Å². The quantitative estimate of drug-likeness (QED) is 0.746. The first-order chi connectivity index (χ1) is 11.8. The van der Waals surface area contributed by atoms with E-state index in [0.29, 0.717) is 12.2 Å². The second-order valence-corrected chi connectivity index (χ2v) is 7.72. The Hall–Kier alpha value is -1.93. The highest BCUT2D eigenvalue weighted by Gasteiger charge is 2.11. The molecule has 0 radical (unpaired) electrons. The molecule has 134 valence electrons. The summed E-state index contributed by atoms with van der Waals surface area (Å²) in [6.07, 6.45) is 0.154. The molecule has 8 heteroatoms. The van der Waals surface area contributed by atoms with Gasteiger partial charge >= 0.3 is 4.87 Å². The van der Waals surface area contributed by atoms with Crippen LogP contribution in [-0.4, -0.2) is 22.9 Å².